The van der Waals surface area contributed by atoms with Crippen molar-refractivity contribution in [3.05, 3.63) is 71.1 Å². The summed E-state index contributed by atoms with van der Waals surface area (Å²) < 4.78 is 28.6. The van der Waals surface area contributed by atoms with Crippen LogP contribution in [-0.2, 0) is 10.1 Å². The monoisotopic (exact) mass is 285 g/mol. The molecule has 0 radical (unpaired) electrons. The van der Waals surface area contributed by atoms with Gasteiger partial charge in [0.25, 0.3) is 0 Å². The van der Waals surface area contributed by atoms with Crippen molar-refractivity contribution < 1.29 is 12.6 Å². The minimum absolute atomic E-state index is 0.0210. The molecule has 0 aliphatic rings. The molecular formula is C15H11NO3S. The maximum atomic E-state index is 11.8. The minimum atomic E-state index is -3.90. The van der Waals surface area contributed by atoms with Gasteiger partial charge in [0.1, 0.15) is 6.07 Å². The lowest BCUT2D eigenvalue weighted by atomic mass is 10.2. The van der Waals surface area contributed by atoms with E-state index < -0.39 is 10.1 Å². The predicted molar refractivity (Wildman–Crippen MR) is 76.2 cm³/mol. The van der Waals surface area contributed by atoms with Gasteiger partial charge in [0, 0.05) is 0 Å². The number of hydrogen-bond donors (Lipinski definition) is 0. The molecule has 0 saturated carbocycles. The van der Waals surface area contributed by atoms with Crippen molar-refractivity contribution in [2.24, 2.45) is 0 Å². The van der Waals surface area contributed by atoms with Gasteiger partial charge < -0.3 is 4.18 Å². The Balaban J connectivity index is 2.20. The fraction of sp³-hybridized carbons (Fsp3) is 0. The molecule has 2 aromatic rings. The number of nitrogens with zero attached hydrogens (tertiary/aromatic N) is 1. The summed E-state index contributed by atoms with van der Waals surface area (Å²) in [5.74, 6) is 0.0210. The zero-order valence-electron chi connectivity index (χ0n) is 10.4. The highest BCUT2D eigenvalue weighted by Gasteiger charge is 2.11. The van der Waals surface area contributed by atoms with Gasteiger partial charge in [-0.3, -0.25) is 0 Å². The van der Waals surface area contributed by atoms with Gasteiger partial charge in [-0.05, 0) is 23.8 Å². The van der Waals surface area contributed by atoms with Crippen LogP contribution in [0, 0.1) is 11.3 Å². The summed E-state index contributed by atoms with van der Waals surface area (Å²) in [6.45, 7) is 0. The molecule has 100 valence electrons. The number of rotatable bonds is 4. The van der Waals surface area contributed by atoms with E-state index in [-0.39, 0.29) is 11.3 Å². The zero-order valence-corrected chi connectivity index (χ0v) is 11.2. The predicted octanol–water partition coefficient (Wildman–Crippen LogP) is 2.94. The van der Waals surface area contributed by atoms with Gasteiger partial charge in [0.05, 0.1) is 11.0 Å². The molecule has 0 aliphatic carbocycles. The topological polar surface area (TPSA) is 67.2 Å². The molecule has 0 unspecified atom stereocenters. The Morgan fingerprint density at radius 1 is 1.00 bits per heavy atom. The third-order valence-electron chi connectivity index (χ3n) is 2.44. The Hall–Kier alpha value is -2.58. The molecule has 0 aliphatic heterocycles. The Morgan fingerprint density at radius 2 is 1.65 bits per heavy atom. The van der Waals surface area contributed by atoms with Gasteiger partial charge in [-0.1, -0.05) is 42.5 Å². The summed E-state index contributed by atoms with van der Waals surface area (Å²) in [5, 5.41) is 9.85. The molecule has 0 atom stereocenters. The van der Waals surface area contributed by atoms with Gasteiger partial charge in [0.2, 0.25) is 0 Å². The van der Waals surface area contributed by atoms with Gasteiger partial charge in [0.15, 0.2) is 5.75 Å². The second-order valence-electron chi connectivity index (χ2n) is 3.90. The third kappa shape index (κ3) is 3.70. The maximum absolute atomic E-state index is 11.8. The van der Waals surface area contributed by atoms with Crippen LogP contribution < -0.4 is 4.18 Å². The Bertz CT molecular complexity index is 759. The van der Waals surface area contributed by atoms with Crippen LogP contribution in [0.3, 0.4) is 0 Å². The average Bonchev–Trinajstić information content (AvgIpc) is 2.47. The molecule has 4 nitrogen and oxygen atoms in total. The quantitative estimate of drug-likeness (QED) is 0.810. The highest BCUT2D eigenvalue weighted by molar-refractivity contribution is 7.90. The fourth-order valence-corrected chi connectivity index (χ4v) is 2.29. The maximum Gasteiger partial charge on any atom is 0.332 e. The molecular weight excluding hydrogens is 274 g/mol. The van der Waals surface area contributed by atoms with Gasteiger partial charge >= 0.3 is 10.1 Å². The van der Waals surface area contributed by atoms with Crippen LogP contribution in [0.4, 0.5) is 0 Å². The Labute approximate surface area is 117 Å². The first-order chi connectivity index (χ1) is 9.61. The summed E-state index contributed by atoms with van der Waals surface area (Å²) in [5.41, 5.74) is 0.914. The first-order valence-electron chi connectivity index (χ1n) is 5.77. The molecule has 0 amide bonds. The third-order valence-corrected chi connectivity index (χ3v) is 3.32. The number of para-hydroxylation sites is 1. The van der Waals surface area contributed by atoms with E-state index in [2.05, 4.69) is 0 Å². The molecule has 0 heterocycles. The van der Waals surface area contributed by atoms with Gasteiger partial charge in [-0.2, -0.15) is 13.7 Å². The SMILES string of the molecule is N#Cc1ccccc1OS(=O)(=O)/C=C/c1ccccc1. The summed E-state index contributed by atoms with van der Waals surface area (Å²) in [6.07, 6.45) is 1.43. The molecule has 0 fully saturated rings. The summed E-state index contributed by atoms with van der Waals surface area (Å²) in [4.78, 5) is 0. The van der Waals surface area contributed by atoms with Crippen LogP contribution >= 0.6 is 0 Å². The van der Waals surface area contributed by atoms with E-state index in [9.17, 15) is 8.42 Å². The lowest BCUT2D eigenvalue weighted by Gasteiger charge is -2.04. The smallest absolute Gasteiger partial charge is 0.332 e. The molecule has 2 rings (SSSR count). The van der Waals surface area contributed by atoms with Crippen molar-refractivity contribution in [3.8, 4) is 11.8 Å². The zero-order chi connectivity index (χ0) is 14.4. The van der Waals surface area contributed by atoms with E-state index in [1.54, 1.807) is 36.4 Å². The van der Waals surface area contributed by atoms with Crippen LogP contribution in [0.1, 0.15) is 11.1 Å². The van der Waals surface area contributed by atoms with Crippen molar-refractivity contribution in [2.45, 2.75) is 0 Å². The lowest BCUT2D eigenvalue weighted by Crippen LogP contribution is -2.06. The highest BCUT2D eigenvalue weighted by atomic mass is 32.2. The lowest BCUT2D eigenvalue weighted by molar-refractivity contribution is 0.496. The van der Waals surface area contributed by atoms with E-state index in [1.165, 1.54) is 18.2 Å². The molecule has 0 saturated heterocycles. The molecule has 20 heavy (non-hydrogen) atoms. The molecule has 0 N–H and O–H groups in total. The van der Waals surface area contributed by atoms with E-state index in [0.717, 1.165) is 11.0 Å². The van der Waals surface area contributed by atoms with Gasteiger partial charge in [-0.15, -0.1) is 0 Å². The van der Waals surface area contributed by atoms with E-state index in [4.69, 9.17) is 9.44 Å². The number of hydrogen-bond acceptors (Lipinski definition) is 4. The Kier molecular flexibility index (Phi) is 4.18. The van der Waals surface area contributed by atoms with Crippen LogP contribution in [0.2, 0.25) is 0 Å². The Morgan fingerprint density at radius 3 is 2.35 bits per heavy atom. The average molecular weight is 285 g/mol. The summed E-state index contributed by atoms with van der Waals surface area (Å²) in [7, 11) is -3.90. The van der Waals surface area contributed by atoms with Crippen LogP contribution in [-0.4, -0.2) is 8.42 Å². The standard InChI is InChI=1S/C15H11NO3S/c16-12-14-8-4-5-9-15(14)19-20(17,18)11-10-13-6-2-1-3-7-13/h1-11H/b11-10+. The molecule has 0 spiro atoms. The van der Waals surface area contributed by atoms with Crippen LogP contribution in [0.25, 0.3) is 6.08 Å². The largest absolute Gasteiger partial charge is 0.378 e. The fourth-order valence-electron chi connectivity index (χ4n) is 1.51. The second-order valence-corrected chi connectivity index (χ2v) is 5.32. The second kappa shape index (κ2) is 6.04. The van der Waals surface area contributed by atoms with E-state index >= 15 is 0 Å². The molecule has 0 bridgehead atoms. The summed E-state index contributed by atoms with van der Waals surface area (Å²) >= 11 is 0. The molecule has 2 aromatic carbocycles. The van der Waals surface area contributed by atoms with Crippen LogP contribution in [0.5, 0.6) is 5.75 Å². The van der Waals surface area contributed by atoms with Crippen LogP contribution in [0.15, 0.2) is 60.0 Å². The highest BCUT2D eigenvalue weighted by Crippen LogP contribution is 2.19. The summed E-state index contributed by atoms with van der Waals surface area (Å²) in [6, 6.07) is 17.0. The van der Waals surface area contributed by atoms with Crippen molar-refractivity contribution in [1.29, 1.82) is 5.26 Å². The molecule has 5 heteroatoms. The normalized spacial score (nSPS) is 11.2. The van der Waals surface area contributed by atoms with Gasteiger partial charge in [-0.25, -0.2) is 0 Å². The van der Waals surface area contributed by atoms with Crippen molar-refractivity contribution in [1.82, 2.24) is 0 Å². The minimum Gasteiger partial charge on any atom is -0.378 e. The van der Waals surface area contributed by atoms with Crippen molar-refractivity contribution >= 4 is 16.2 Å². The van der Waals surface area contributed by atoms with E-state index in [1.807, 2.05) is 12.1 Å². The first kappa shape index (κ1) is 13.8. The van der Waals surface area contributed by atoms with Crippen molar-refractivity contribution in [2.75, 3.05) is 0 Å². The number of nitriles is 1. The van der Waals surface area contributed by atoms with Crippen molar-refractivity contribution in [3.63, 3.8) is 0 Å². The van der Waals surface area contributed by atoms with E-state index in [0.29, 0.717) is 0 Å². The number of benzene rings is 2. The molecule has 0 aromatic heterocycles. The first-order valence-corrected chi connectivity index (χ1v) is 7.24.